The Hall–Kier alpha value is 0.623. The van der Waals surface area contributed by atoms with E-state index in [4.69, 9.17) is 0 Å². The van der Waals surface area contributed by atoms with Gasteiger partial charge in [0.25, 0.3) is 0 Å². The minimum atomic E-state index is 0. The minimum absolute atomic E-state index is 0. The van der Waals surface area contributed by atoms with E-state index in [-0.39, 0.29) is 34.3 Å². The van der Waals surface area contributed by atoms with Gasteiger partial charge in [0.1, 0.15) is 0 Å². The largest absolute Gasteiger partial charge is 0.358 e. The Labute approximate surface area is 61.5 Å². The van der Waals surface area contributed by atoms with E-state index in [0.29, 0.717) is 0 Å². The standard InChI is InChI=1S/C4H9.2CH3.Zn/c1-3-4-2;;;/h1,3-4H2,2H3;2*1H3;/q3*-1;. The van der Waals surface area contributed by atoms with Gasteiger partial charge in [0.05, 0.1) is 0 Å². The van der Waals surface area contributed by atoms with Gasteiger partial charge in [0, 0.05) is 19.5 Å². The van der Waals surface area contributed by atoms with Crippen LogP contribution in [-0.4, -0.2) is 0 Å². The van der Waals surface area contributed by atoms with Crippen molar-refractivity contribution >= 4 is 0 Å². The average Bonchev–Trinajstić information content (AvgIpc) is 1.37. The predicted octanol–water partition coefficient (Wildman–Crippen LogP) is 2.52. The van der Waals surface area contributed by atoms with Gasteiger partial charge in [-0.2, -0.15) is 6.42 Å². The van der Waals surface area contributed by atoms with E-state index in [2.05, 4.69) is 13.8 Å². The topological polar surface area (TPSA) is 0 Å². The molecule has 1 heteroatoms. The predicted molar refractivity (Wildman–Crippen MR) is 33.1 cm³/mol. The summed E-state index contributed by atoms with van der Waals surface area (Å²) in [4.78, 5) is 0. The second-order valence-corrected chi connectivity index (χ2v) is 0.854. The monoisotopic (exact) mass is 151 g/mol. The third kappa shape index (κ3) is 53.7. The third-order valence-electron chi connectivity index (χ3n) is 0.354. The summed E-state index contributed by atoms with van der Waals surface area (Å²) in [5.41, 5.74) is 0. The van der Waals surface area contributed by atoms with Gasteiger partial charge in [0.2, 0.25) is 0 Å². The molecule has 0 amide bonds. The summed E-state index contributed by atoms with van der Waals surface area (Å²) in [6.45, 7) is 5.72. The fourth-order valence-corrected chi connectivity index (χ4v) is 0. The van der Waals surface area contributed by atoms with E-state index in [0.717, 1.165) is 6.42 Å². The summed E-state index contributed by atoms with van der Waals surface area (Å²) in [6.07, 6.45) is 2.28. The molecule has 0 aromatic heterocycles. The molecule has 0 saturated carbocycles. The smallest absolute Gasteiger partial charge is 0 e. The van der Waals surface area contributed by atoms with Crippen LogP contribution in [0.15, 0.2) is 0 Å². The van der Waals surface area contributed by atoms with E-state index >= 15 is 0 Å². The van der Waals surface area contributed by atoms with Gasteiger partial charge in [-0.15, -0.1) is 0 Å². The number of hydrogen-bond acceptors (Lipinski definition) is 0. The Morgan fingerprint density at radius 3 is 1.43 bits per heavy atom. The van der Waals surface area contributed by atoms with Crippen LogP contribution in [0.2, 0.25) is 0 Å². The molecule has 0 saturated heterocycles. The fraction of sp³-hybridized carbons (Fsp3) is 0.500. The molecule has 0 nitrogen and oxygen atoms in total. The first-order chi connectivity index (χ1) is 1.91. The van der Waals surface area contributed by atoms with Crippen molar-refractivity contribution in [1.82, 2.24) is 0 Å². The zero-order chi connectivity index (χ0) is 3.41. The SMILES string of the molecule is [CH2-]CCC.[CH3-].[CH3-].[Zn]. The maximum absolute atomic E-state index is 3.60. The Bertz CT molecular complexity index is 6.14. The van der Waals surface area contributed by atoms with Crippen LogP contribution in [0.5, 0.6) is 0 Å². The molecule has 0 spiro atoms. The minimum Gasteiger partial charge on any atom is -0.358 e. The Morgan fingerprint density at radius 2 is 1.43 bits per heavy atom. The van der Waals surface area contributed by atoms with Crippen molar-refractivity contribution in [3.63, 3.8) is 0 Å². The normalized spacial score (nSPS) is 4.29. The van der Waals surface area contributed by atoms with Crippen LogP contribution in [0, 0.1) is 21.8 Å². The maximum atomic E-state index is 3.60. The van der Waals surface area contributed by atoms with Crippen LogP contribution in [0.1, 0.15) is 19.8 Å². The first kappa shape index (κ1) is 25.5. The van der Waals surface area contributed by atoms with Crippen molar-refractivity contribution in [1.29, 1.82) is 0 Å². The zero-order valence-electron chi connectivity index (χ0n) is 5.83. The Morgan fingerprint density at radius 1 is 1.29 bits per heavy atom. The average molecular weight is 153 g/mol. The van der Waals surface area contributed by atoms with Crippen molar-refractivity contribution in [3.05, 3.63) is 21.8 Å². The molecule has 0 N–H and O–H groups in total. The molecule has 0 rings (SSSR count). The van der Waals surface area contributed by atoms with Crippen molar-refractivity contribution < 1.29 is 19.5 Å². The molecule has 0 fully saturated rings. The number of unbranched alkanes of at least 4 members (excludes halogenated alkanes) is 1. The van der Waals surface area contributed by atoms with Crippen LogP contribution in [0.25, 0.3) is 0 Å². The van der Waals surface area contributed by atoms with Gasteiger partial charge in [-0.1, -0.05) is 13.3 Å². The summed E-state index contributed by atoms with van der Waals surface area (Å²) in [5, 5.41) is 0. The summed E-state index contributed by atoms with van der Waals surface area (Å²) < 4.78 is 0. The molecule has 0 bridgehead atoms. The van der Waals surface area contributed by atoms with Crippen LogP contribution < -0.4 is 0 Å². The van der Waals surface area contributed by atoms with Crippen molar-refractivity contribution in [2.75, 3.05) is 0 Å². The molecular weight excluding hydrogens is 137 g/mol. The zero-order valence-corrected chi connectivity index (χ0v) is 8.80. The van der Waals surface area contributed by atoms with Crippen molar-refractivity contribution in [2.24, 2.45) is 0 Å². The molecular formula is C6H15Zn-3. The van der Waals surface area contributed by atoms with Crippen molar-refractivity contribution in [3.8, 4) is 0 Å². The molecule has 0 aliphatic heterocycles. The van der Waals surface area contributed by atoms with Gasteiger partial charge >= 0.3 is 0 Å². The van der Waals surface area contributed by atoms with Crippen LogP contribution in [0.4, 0.5) is 0 Å². The molecule has 0 radical (unpaired) electrons. The molecule has 0 heterocycles. The first-order valence-corrected chi connectivity index (χ1v) is 1.71. The van der Waals surface area contributed by atoms with Crippen LogP contribution >= 0.6 is 0 Å². The third-order valence-corrected chi connectivity index (χ3v) is 0.354. The van der Waals surface area contributed by atoms with Gasteiger partial charge in [0.15, 0.2) is 0 Å². The number of rotatable bonds is 1. The van der Waals surface area contributed by atoms with E-state index in [1.165, 1.54) is 6.42 Å². The molecule has 7 heavy (non-hydrogen) atoms. The number of hydrogen-bond donors (Lipinski definition) is 0. The Balaban J connectivity index is -0.0000000150. The van der Waals surface area contributed by atoms with Gasteiger partial charge in [-0.05, 0) is 0 Å². The first-order valence-electron chi connectivity index (χ1n) is 1.71. The van der Waals surface area contributed by atoms with E-state index < -0.39 is 0 Å². The van der Waals surface area contributed by atoms with E-state index in [1.807, 2.05) is 0 Å². The molecule has 0 aromatic carbocycles. The van der Waals surface area contributed by atoms with Gasteiger partial charge in [-0.25, -0.2) is 0 Å². The summed E-state index contributed by atoms with van der Waals surface area (Å²) in [7, 11) is 0. The second-order valence-electron chi connectivity index (χ2n) is 0.854. The Kier molecular flexibility index (Phi) is 111. The van der Waals surface area contributed by atoms with Crippen molar-refractivity contribution in [2.45, 2.75) is 19.8 Å². The molecule has 0 unspecified atom stereocenters. The molecule has 0 aliphatic rings. The quantitative estimate of drug-likeness (QED) is 0.400. The molecule has 0 atom stereocenters. The molecule has 44 valence electrons. The summed E-state index contributed by atoms with van der Waals surface area (Å²) >= 11 is 0. The van der Waals surface area contributed by atoms with Crippen LogP contribution in [0.3, 0.4) is 0 Å². The maximum Gasteiger partial charge on any atom is 0 e. The molecule has 0 aromatic rings. The summed E-state index contributed by atoms with van der Waals surface area (Å²) in [5.74, 6) is 0. The van der Waals surface area contributed by atoms with Gasteiger partial charge < -0.3 is 21.8 Å². The fourth-order valence-electron chi connectivity index (χ4n) is 0. The second kappa shape index (κ2) is 30.4. The molecule has 0 aliphatic carbocycles. The van der Waals surface area contributed by atoms with E-state index in [9.17, 15) is 0 Å². The van der Waals surface area contributed by atoms with E-state index in [1.54, 1.807) is 0 Å². The van der Waals surface area contributed by atoms with Gasteiger partial charge in [-0.3, -0.25) is 0 Å². The van der Waals surface area contributed by atoms with Crippen LogP contribution in [-0.2, 0) is 19.5 Å². The summed E-state index contributed by atoms with van der Waals surface area (Å²) in [6, 6.07) is 0.